The highest BCUT2D eigenvalue weighted by Gasteiger charge is 2.33. The van der Waals surface area contributed by atoms with Crippen molar-refractivity contribution >= 4 is 43.5 Å². The van der Waals surface area contributed by atoms with Crippen molar-refractivity contribution < 1.29 is 18.0 Å². The number of hydrogen-bond donors (Lipinski definition) is 1. The van der Waals surface area contributed by atoms with Crippen LogP contribution in [0.25, 0.3) is 0 Å². The molecule has 0 heterocycles. The van der Waals surface area contributed by atoms with E-state index in [0.29, 0.717) is 10.2 Å². The Balaban J connectivity index is 1.66. The van der Waals surface area contributed by atoms with Crippen LogP contribution in [0.15, 0.2) is 88.2 Å². The summed E-state index contributed by atoms with van der Waals surface area (Å²) in [7, 11) is -4.09. The molecule has 0 aliphatic heterocycles. The van der Waals surface area contributed by atoms with E-state index in [2.05, 4.69) is 21.2 Å². The van der Waals surface area contributed by atoms with Crippen molar-refractivity contribution in [1.82, 2.24) is 10.2 Å². The maximum atomic E-state index is 14.0. The van der Waals surface area contributed by atoms with E-state index in [0.717, 1.165) is 41.1 Å². The van der Waals surface area contributed by atoms with Crippen molar-refractivity contribution in [3.05, 3.63) is 94.5 Å². The summed E-state index contributed by atoms with van der Waals surface area (Å²) in [6.07, 6.45) is 5.17. The van der Waals surface area contributed by atoms with Gasteiger partial charge in [0.05, 0.1) is 10.6 Å². The second-order valence-corrected chi connectivity index (χ2v) is 13.1. The third-order valence-corrected chi connectivity index (χ3v) is 9.58. The molecule has 1 fully saturated rings. The number of nitrogens with one attached hydrogen (secondary N) is 1. The van der Waals surface area contributed by atoms with E-state index in [1.807, 2.05) is 37.3 Å². The molecule has 2 amide bonds. The highest BCUT2D eigenvalue weighted by atomic mass is 79.9. The van der Waals surface area contributed by atoms with Crippen LogP contribution in [0.4, 0.5) is 5.69 Å². The standard InChI is InChI=1S/C31H36BrN3O4S/c1-23-16-18-29(19-17-23)40(38,39)35(28-15-9-12-26(32)20-28)22-30(36)34(21-25-10-5-3-6-11-25)24(2)31(37)33-27-13-7-4-8-14-27/h3,5-6,9-12,15-20,24,27H,4,7-8,13-14,21-22H2,1-2H3,(H,33,37). The monoisotopic (exact) mass is 625 g/mol. The minimum atomic E-state index is -4.09. The first-order valence-corrected chi connectivity index (χ1v) is 15.9. The fourth-order valence-corrected chi connectivity index (χ4v) is 6.72. The molecule has 1 aliphatic rings. The zero-order chi connectivity index (χ0) is 28.7. The Morgan fingerprint density at radius 3 is 2.27 bits per heavy atom. The van der Waals surface area contributed by atoms with Gasteiger partial charge in [0.25, 0.3) is 10.0 Å². The Kier molecular flexibility index (Phi) is 10.0. The Morgan fingerprint density at radius 1 is 0.950 bits per heavy atom. The molecule has 3 aromatic rings. The number of carbonyl (C=O) groups is 2. The van der Waals surface area contributed by atoms with Crippen molar-refractivity contribution in [3.8, 4) is 0 Å². The summed E-state index contributed by atoms with van der Waals surface area (Å²) in [5.74, 6) is -0.697. The number of hydrogen-bond acceptors (Lipinski definition) is 4. The number of sulfonamides is 1. The molecule has 7 nitrogen and oxygen atoms in total. The van der Waals surface area contributed by atoms with Gasteiger partial charge in [0.15, 0.2) is 0 Å². The van der Waals surface area contributed by atoms with E-state index in [4.69, 9.17) is 0 Å². The molecular formula is C31H36BrN3O4S. The molecule has 0 radical (unpaired) electrons. The SMILES string of the molecule is Cc1ccc(S(=O)(=O)N(CC(=O)N(Cc2ccccc2)C(C)C(=O)NC2CCCCC2)c2cccc(Br)c2)cc1. The number of halogens is 1. The van der Waals surface area contributed by atoms with Gasteiger partial charge in [0.1, 0.15) is 12.6 Å². The quantitative estimate of drug-likeness (QED) is 0.308. The smallest absolute Gasteiger partial charge is 0.264 e. The molecule has 40 heavy (non-hydrogen) atoms. The van der Waals surface area contributed by atoms with Crippen molar-refractivity contribution in [2.24, 2.45) is 0 Å². The van der Waals surface area contributed by atoms with Crippen LogP contribution >= 0.6 is 15.9 Å². The van der Waals surface area contributed by atoms with Gasteiger partial charge in [-0.2, -0.15) is 0 Å². The van der Waals surface area contributed by atoms with Gasteiger partial charge in [-0.3, -0.25) is 13.9 Å². The molecule has 212 valence electrons. The third-order valence-electron chi connectivity index (χ3n) is 7.30. The lowest BCUT2D eigenvalue weighted by Gasteiger charge is -2.33. The minimum Gasteiger partial charge on any atom is -0.352 e. The van der Waals surface area contributed by atoms with Crippen LogP contribution in [0.2, 0.25) is 0 Å². The first-order chi connectivity index (χ1) is 19.1. The van der Waals surface area contributed by atoms with Gasteiger partial charge in [0, 0.05) is 17.1 Å². The molecule has 9 heteroatoms. The number of nitrogens with zero attached hydrogens (tertiary/aromatic N) is 2. The van der Waals surface area contributed by atoms with E-state index < -0.39 is 28.5 Å². The van der Waals surface area contributed by atoms with E-state index in [9.17, 15) is 18.0 Å². The van der Waals surface area contributed by atoms with Gasteiger partial charge in [0.2, 0.25) is 11.8 Å². The molecule has 1 saturated carbocycles. The van der Waals surface area contributed by atoms with Crippen LogP contribution in [0.3, 0.4) is 0 Å². The average molecular weight is 627 g/mol. The molecule has 1 N–H and O–H groups in total. The molecule has 1 unspecified atom stereocenters. The predicted molar refractivity (Wildman–Crippen MR) is 161 cm³/mol. The topological polar surface area (TPSA) is 86.8 Å². The lowest BCUT2D eigenvalue weighted by Crippen LogP contribution is -2.53. The van der Waals surface area contributed by atoms with Crippen LogP contribution in [0.1, 0.15) is 50.2 Å². The lowest BCUT2D eigenvalue weighted by molar-refractivity contribution is -0.139. The molecule has 0 spiro atoms. The van der Waals surface area contributed by atoms with Gasteiger partial charge in [-0.05, 0) is 62.6 Å². The van der Waals surface area contributed by atoms with Gasteiger partial charge >= 0.3 is 0 Å². The van der Waals surface area contributed by atoms with Crippen molar-refractivity contribution in [2.75, 3.05) is 10.8 Å². The van der Waals surface area contributed by atoms with Gasteiger partial charge in [-0.1, -0.05) is 89.3 Å². The van der Waals surface area contributed by atoms with Crippen LogP contribution in [-0.2, 0) is 26.2 Å². The number of aryl methyl sites for hydroxylation is 1. The van der Waals surface area contributed by atoms with E-state index in [1.165, 1.54) is 11.3 Å². The number of anilines is 1. The average Bonchev–Trinajstić information content (AvgIpc) is 2.95. The molecule has 0 aromatic heterocycles. The zero-order valence-electron chi connectivity index (χ0n) is 22.9. The summed E-state index contributed by atoms with van der Waals surface area (Å²) in [5.41, 5.74) is 2.13. The molecule has 3 aromatic carbocycles. The second-order valence-electron chi connectivity index (χ2n) is 10.3. The minimum absolute atomic E-state index is 0.0866. The Labute approximate surface area is 245 Å². The van der Waals surface area contributed by atoms with Crippen LogP contribution in [0, 0.1) is 6.92 Å². The summed E-state index contributed by atoms with van der Waals surface area (Å²) in [5, 5.41) is 3.12. The van der Waals surface area contributed by atoms with Crippen molar-refractivity contribution in [1.29, 1.82) is 0 Å². The van der Waals surface area contributed by atoms with Crippen LogP contribution in [-0.4, -0.2) is 43.8 Å². The van der Waals surface area contributed by atoms with Gasteiger partial charge in [-0.15, -0.1) is 0 Å². The molecule has 1 atom stereocenters. The molecular weight excluding hydrogens is 590 g/mol. The first-order valence-electron chi connectivity index (χ1n) is 13.6. The maximum Gasteiger partial charge on any atom is 0.264 e. The summed E-state index contributed by atoms with van der Waals surface area (Å²) in [6, 6.07) is 22.1. The zero-order valence-corrected chi connectivity index (χ0v) is 25.3. The largest absolute Gasteiger partial charge is 0.352 e. The lowest BCUT2D eigenvalue weighted by atomic mass is 9.95. The fourth-order valence-electron chi connectivity index (χ4n) is 4.93. The highest BCUT2D eigenvalue weighted by Crippen LogP contribution is 2.27. The van der Waals surface area contributed by atoms with Crippen LogP contribution < -0.4 is 9.62 Å². The summed E-state index contributed by atoms with van der Waals surface area (Å²) in [6.45, 7) is 3.31. The van der Waals surface area contributed by atoms with Gasteiger partial charge < -0.3 is 10.2 Å². The van der Waals surface area contributed by atoms with Crippen molar-refractivity contribution in [3.63, 3.8) is 0 Å². The number of benzene rings is 3. The fraction of sp³-hybridized carbons (Fsp3) is 0.355. The Morgan fingerprint density at radius 2 is 1.62 bits per heavy atom. The molecule has 0 bridgehead atoms. The third kappa shape index (κ3) is 7.52. The molecule has 4 rings (SSSR count). The second kappa shape index (κ2) is 13.5. The summed E-state index contributed by atoms with van der Waals surface area (Å²) in [4.78, 5) is 28.9. The summed E-state index contributed by atoms with van der Waals surface area (Å²) >= 11 is 3.42. The molecule has 1 aliphatic carbocycles. The van der Waals surface area contributed by atoms with E-state index in [1.54, 1.807) is 55.5 Å². The normalized spacial score (nSPS) is 14.8. The number of carbonyl (C=O) groups excluding carboxylic acids is 2. The Hall–Kier alpha value is -3.17. The number of rotatable bonds is 10. The predicted octanol–water partition coefficient (Wildman–Crippen LogP) is 5.82. The summed E-state index contributed by atoms with van der Waals surface area (Å²) < 4.78 is 29.6. The molecule has 0 saturated heterocycles. The van der Waals surface area contributed by atoms with Crippen molar-refractivity contribution in [2.45, 2.75) is 69.5 Å². The number of amides is 2. The van der Waals surface area contributed by atoms with E-state index in [-0.39, 0.29) is 23.4 Å². The maximum absolute atomic E-state index is 14.0. The first kappa shape index (κ1) is 29.8. The van der Waals surface area contributed by atoms with Gasteiger partial charge in [-0.25, -0.2) is 8.42 Å². The Bertz CT molecular complexity index is 1410. The van der Waals surface area contributed by atoms with Crippen LogP contribution in [0.5, 0.6) is 0 Å². The highest BCUT2D eigenvalue weighted by molar-refractivity contribution is 9.10. The van der Waals surface area contributed by atoms with E-state index >= 15 is 0 Å².